The smallest absolute Gasteiger partial charge is 0.410 e. The molecule has 0 bridgehead atoms. The third-order valence-electron chi connectivity index (χ3n) is 2.51. The zero-order valence-electron chi connectivity index (χ0n) is 10.3. The molecule has 0 aromatic carbocycles. The van der Waals surface area contributed by atoms with Crippen LogP contribution in [0.25, 0.3) is 0 Å². The van der Waals surface area contributed by atoms with E-state index in [-0.39, 0.29) is 12.1 Å². The van der Waals surface area contributed by atoms with Crippen molar-refractivity contribution in [1.82, 2.24) is 4.90 Å². The number of nitrogens with two attached hydrogens (primary N) is 1. The maximum Gasteiger partial charge on any atom is 0.410 e. The van der Waals surface area contributed by atoms with Gasteiger partial charge in [-0.25, -0.2) is 4.79 Å². The second kappa shape index (κ2) is 5.01. The van der Waals surface area contributed by atoms with Crippen molar-refractivity contribution >= 4 is 6.09 Å². The van der Waals surface area contributed by atoms with Crippen molar-refractivity contribution in [3.05, 3.63) is 0 Å². The molecule has 0 aromatic heterocycles. The molecule has 1 aliphatic rings. The van der Waals surface area contributed by atoms with E-state index < -0.39 is 11.7 Å². The number of amides is 1. The number of ether oxygens (including phenoxy) is 1. The first-order valence-electron chi connectivity index (χ1n) is 5.71. The van der Waals surface area contributed by atoms with Crippen molar-refractivity contribution < 1.29 is 14.6 Å². The first kappa shape index (κ1) is 13.3. The summed E-state index contributed by atoms with van der Waals surface area (Å²) in [4.78, 5) is 13.4. The van der Waals surface area contributed by atoms with Crippen LogP contribution in [0.5, 0.6) is 0 Å². The van der Waals surface area contributed by atoms with Gasteiger partial charge in [0.1, 0.15) is 5.60 Å². The zero-order valence-corrected chi connectivity index (χ0v) is 10.3. The van der Waals surface area contributed by atoms with Crippen LogP contribution < -0.4 is 5.73 Å². The molecule has 3 N–H and O–H groups in total. The molecule has 2 atom stereocenters. The van der Waals surface area contributed by atoms with Gasteiger partial charge in [0.05, 0.1) is 6.10 Å². The number of carbonyl (C=O) groups excluding carboxylic acids is 1. The minimum Gasteiger partial charge on any atom is -0.444 e. The average Bonchev–Trinajstić information content (AvgIpc) is 2.27. The van der Waals surface area contributed by atoms with E-state index >= 15 is 0 Å². The summed E-state index contributed by atoms with van der Waals surface area (Å²) in [6.07, 6.45) is 0.527. The first-order valence-corrected chi connectivity index (χ1v) is 5.71. The number of hydrogen-bond donors (Lipinski definition) is 2. The molecule has 94 valence electrons. The second-order valence-electron chi connectivity index (χ2n) is 5.30. The fraction of sp³-hybridized carbons (Fsp3) is 0.909. The summed E-state index contributed by atoms with van der Waals surface area (Å²) in [7, 11) is 0. The molecule has 0 radical (unpaired) electrons. The van der Waals surface area contributed by atoms with Gasteiger partial charge in [-0.2, -0.15) is 0 Å². The summed E-state index contributed by atoms with van der Waals surface area (Å²) in [5.74, 6) is 0. The predicted octanol–water partition coefficient (Wildman–Crippen LogP) is 0.706. The summed E-state index contributed by atoms with van der Waals surface area (Å²) >= 11 is 0. The Kier molecular flexibility index (Phi) is 4.15. The van der Waals surface area contributed by atoms with Crippen molar-refractivity contribution in [3.63, 3.8) is 0 Å². The topological polar surface area (TPSA) is 75.8 Å². The van der Waals surface area contributed by atoms with Gasteiger partial charge in [0.15, 0.2) is 0 Å². The molecule has 1 fully saturated rings. The SMILES string of the molecule is CC(C)(C)OC(=O)N1CCC[C@H](O)[C@@H](N)C1. The molecule has 5 heteroatoms. The van der Waals surface area contributed by atoms with Gasteiger partial charge in [0, 0.05) is 19.1 Å². The highest BCUT2D eigenvalue weighted by atomic mass is 16.6. The van der Waals surface area contributed by atoms with Crippen LogP contribution in [0.15, 0.2) is 0 Å². The van der Waals surface area contributed by atoms with Crippen LogP contribution in [0.2, 0.25) is 0 Å². The number of aliphatic hydroxyl groups is 1. The van der Waals surface area contributed by atoms with E-state index in [2.05, 4.69) is 0 Å². The molecule has 1 rings (SSSR count). The van der Waals surface area contributed by atoms with Crippen LogP contribution in [-0.2, 0) is 4.74 Å². The number of rotatable bonds is 0. The molecular weight excluding hydrogens is 208 g/mol. The molecule has 16 heavy (non-hydrogen) atoms. The highest BCUT2D eigenvalue weighted by molar-refractivity contribution is 5.68. The Balaban J connectivity index is 2.56. The Morgan fingerprint density at radius 3 is 2.69 bits per heavy atom. The molecule has 0 aromatic rings. The fourth-order valence-corrected chi connectivity index (χ4v) is 1.67. The Morgan fingerprint density at radius 2 is 2.12 bits per heavy atom. The normalized spacial score (nSPS) is 27.4. The van der Waals surface area contributed by atoms with Crippen molar-refractivity contribution in [3.8, 4) is 0 Å². The minimum atomic E-state index is -0.521. The van der Waals surface area contributed by atoms with Crippen LogP contribution in [-0.4, -0.2) is 46.9 Å². The zero-order chi connectivity index (χ0) is 12.3. The van der Waals surface area contributed by atoms with E-state index in [1.807, 2.05) is 20.8 Å². The van der Waals surface area contributed by atoms with Crippen LogP contribution in [0.3, 0.4) is 0 Å². The lowest BCUT2D eigenvalue weighted by Gasteiger charge is -2.27. The lowest BCUT2D eigenvalue weighted by Crippen LogP contribution is -2.46. The third kappa shape index (κ3) is 3.98. The van der Waals surface area contributed by atoms with E-state index in [1.54, 1.807) is 4.90 Å². The molecule has 1 saturated heterocycles. The summed E-state index contributed by atoms with van der Waals surface area (Å²) in [5.41, 5.74) is 5.28. The Labute approximate surface area is 96.6 Å². The summed E-state index contributed by atoms with van der Waals surface area (Å²) in [6, 6.07) is -0.380. The summed E-state index contributed by atoms with van der Waals surface area (Å²) in [6.45, 7) is 6.45. The Bertz CT molecular complexity index is 250. The molecule has 0 unspecified atom stereocenters. The summed E-state index contributed by atoms with van der Waals surface area (Å²) in [5, 5.41) is 9.59. The molecule has 0 aliphatic carbocycles. The van der Waals surface area contributed by atoms with Crippen molar-refractivity contribution in [2.24, 2.45) is 5.73 Å². The highest BCUT2D eigenvalue weighted by Crippen LogP contribution is 2.14. The van der Waals surface area contributed by atoms with Gasteiger partial charge in [-0.15, -0.1) is 0 Å². The lowest BCUT2D eigenvalue weighted by molar-refractivity contribution is 0.0238. The van der Waals surface area contributed by atoms with Gasteiger partial charge in [-0.3, -0.25) is 0 Å². The van der Waals surface area contributed by atoms with Crippen LogP contribution in [0.4, 0.5) is 4.79 Å². The number of likely N-dealkylation sites (tertiary alicyclic amines) is 1. The van der Waals surface area contributed by atoms with Crippen molar-refractivity contribution in [2.75, 3.05) is 13.1 Å². The summed E-state index contributed by atoms with van der Waals surface area (Å²) < 4.78 is 5.27. The van der Waals surface area contributed by atoms with Gasteiger partial charge in [-0.05, 0) is 33.6 Å². The standard InChI is InChI=1S/C11H22N2O3/c1-11(2,3)16-10(15)13-6-4-5-9(14)8(12)7-13/h8-9,14H,4-7,12H2,1-3H3/t8-,9-/m0/s1. The largest absolute Gasteiger partial charge is 0.444 e. The number of carbonyl (C=O) groups is 1. The quantitative estimate of drug-likeness (QED) is 0.642. The van der Waals surface area contributed by atoms with E-state index in [4.69, 9.17) is 10.5 Å². The molecular formula is C11H22N2O3. The van der Waals surface area contributed by atoms with Gasteiger partial charge in [-0.1, -0.05) is 0 Å². The molecule has 1 aliphatic heterocycles. The molecule has 1 amide bonds. The first-order chi connectivity index (χ1) is 7.29. The van der Waals surface area contributed by atoms with Crippen LogP contribution >= 0.6 is 0 Å². The fourth-order valence-electron chi connectivity index (χ4n) is 1.67. The number of aliphatic hydroxyl groups excluding tert-OH is 1. The highest BCUT2D eigenvalue weighted by Gasteiger charge is 2.28. The third-order valence-corrected chi connectivity index (χ3v) is 2.51. The van der Waals surface area contributed by atoms with Crippen molar-refractivity contribution in [2.45, 2.75) is 51.4 Å². The van der Waals surface area contributed by atoms with Gasteiger partial charge in [0.25, 0.3) is 0 Å². The maximum atomic E-state index is 11.8. The Morgan fingerprint density at radius 1 is 1.50 bits per heavy atom. The van der Waals surface area contributed by atoms with E-state index in [0.717, 1.165) is 6.42 Å². The monoisotopic (exact) mass is 230 g/mol. The molecule has 5 nitrogen and oxygen atoms in total. The van der Waals surface area contributed by atoms with Gasteiger partial charge >= 0.3 is 6.09 Å². The molecule has 0 spiro atoms. The van der Waals surface area contributed by atoms with Gasteiger partial charge in [0.2, 0.25) is 0 Å². The minimum absolute atomic E-state index is 0.350. The Hall–Kier alpha value is -0.810. The van der Waals surface area contributed by atoms with E-state index in [1.165, 1.54) is 0 Å². The second-order valence-corrected chi connectivity index (χ2v) is 5.30. The number of hydrogen-bond acceptors (Lipinski definition) is 4. The maximum absolute atomic E-state index is 11.8. The predicted molar refractivity (Wildman–Crippen MR) is 61.0 cm³/mol. The molecule has 0 saturated carbocycles. The lowest BCUT2D eigenvalue weighted by atomic mass is 10.1. The van der Waals surface area contributed by atoms with Crippen molar-refractivity contribution in [1.29, 1.82) is 0 Å². The molecule has 1 heterocycles. The van der Waals surface area contributed by atoms with Crippen LogP contribution in [0, 0.1) is 0 Å². The average molecular weight is 230 g/mol. The van der Waals surface area contributed by atoms with Crippen LogP contribution in [0.1, 0.15) is 33.6 Å². The van der Waals surface area contributed by atoms with E-state index in [9.17, 15) is 9.90 Å². The number of nitrogens with zero attached hydrogens (tertiary/aromatic N) is 1. The van der Waals surface area contributed by atoms with E-state index in [0.29, 0.717) is 19.5 Å². The van der Waals surface area contributed by atoms with Gasteiger partial charge < -0.3 is 20.5 Å².